The molecule has 0 aliphatic rings. The molecule has 0 saturated carbocycles. The number of rotatable bonds is 5. The molecular formula is C15H13N3O4S. The monoisotopic (exact) mass is 331 g/mol. The Labute approximate surface area is 132 Å². The number of fused-ring (bicyclic) bond motifs is 1. The lowest BCUT2D eigenvalue weighted by atomic mass is 10.3. The number of hydrogen-bond acceptors (Lipinski definition) is 4. The zero-order chi connectivity index (χ0) is 16.4. The molecule has 0 atom stereocenters. The Morgan fingerprint density at radius 1 is 1.17 bits per heavy atom. The standard InChI is InChI=1S/C15H13N3O4S/c19-15(20)9-18-10-16-13-8-11(6-7-14(13)18)17-23(21,22)12-4-2-1-3-5-12/h1-8,10,17H,9H2,(H,19,20). The summed E-state index contributed by atoms with van der Waals surface area (Å²) in [4.78, 5) is 15.0. The molecule has 3 rings (SSSR count). The molecule has 0 bridgehead atoms. The van der Waals surface area contributed by atoms with E-state index in [2.05, 4.69) is 9.71 Å². The number of sulfonamides is 1. The highest BCUT2D eigenvalue weighted by Crippen LogP contribution is 2.21. The molecule has 1 heterocycles. The van der Waals surface area contributed by atoms with Crippen molar-refractivity contribution in [1.82, 2.24) is 9.55 Å². The van der Waals surface area contributed by atoms with Crippen molar-refractivity contribution in [2.45, 2.75) is 11.4 Å². The van der Waals surface area contributed by atoms with Gasteiger partial charge in [0.15, 0.2) is 0 Å². The van der Waals surface area contributed by atoms with Gasteiger partial charge >= 0.3 is 5.97 Å². The summed E-state index contributed by atoms with van der Waals surface area (Å²) in [6, 6.07) is 12.8. The summed E-state index contributed by atoms with van der Waals surface area (Å²) in [6.07, 6.45) is 1.41. The fraction of sp³-hybridized carbons (Fsp3) is 0.0667. The second kappa shape index (κ2) is 5.73. The van der Waals surface area contributed by atoms with Crippen LogP contribution >= 0.6 is 0 Å². The Hall–Kier alpha value is -2.87. The second-order valence-corrected chi connectivity index (χ2v) is 6.57. The quantitative estimate of drug-likeness (QED) is 0.744. The molecule has 0 saturated heterocycles. The van der Waals surface area contributed by atoms with E-state index in [-0.39, 0.29) is 11.4 Å². The van der Waals surface area contributed by atoms with E-state index in [1.807, 2.05) is 0 Å². The van der Waals surface area contributed by atoms with Gasteiger partial charge in [-0.05, 0) is 30.3 Å². The fourth-order valence-electron chi connectivity index (χ4n) is 2.21. The number of imidazole rings is 1. The van der Waals surface area contributed by atoms with E-state index >= 15 is 0 Å². The van der Waals surface area contributed by atoms with Crippen LogP contribution in [0.4, 0.5) is 5.69 Å². The number of carbonyl (C=O) groups is 1. The van der Waals surface area contributed by atoms with Crippen molar-refractivity contribution in [3.63, 3.8) is 0 Å². The molecule has 7 nitrogen and oxygen atoms in total. The van der Waals surface area contributed by atoms with E-state index in [0.29, 0.717) is 16.7 Å². The number of carboxylic acids is 1. The molecule has 118 valence electrons. The number of nitrogens with zero attached hydrogens (tertiary/aromatic N) is 2. The summed E-state index contributed by atoms with van der Waals surface area (Å²) >= 11 is 0. The van der Waals surface area contributed by atoms with E-state index in [1.165, 1.54) is 23.0 Å². The average Bonchev–Trinajstić information content (AvgIpc) is 2.89. The van der Waals surface area contributed by atoms with Crippen LogP contribution in [0.15, 0.2) is 59.8 Å². The fourth-order valence-corrected chi connectivity index (χ4v) is 3.28. The number of hydrogen-bond donors (Lipinski definition) is 2. The predicted octanol–water partition coefficient (Wildman–Crippen LogP) is 1.92. The van der Waals surface area contributed by atoms with Crippen LogP contribution < -0.4 is 4.72 Å². The molecule has 2 N–H and O–H groups in total. The number of anilines is 1. The highest BCUT2D eigenvalue weighted by molar-refractivity contribution is 7.92. The molecule has 8 heteroatoms. The number of aliphatic carboxylic acids is 1. The summed E-state index contributed by atoms with van der Waals surface area (Å²) in [5, 5.41) is 8.84. The van der Waals surface area contributed by atoms with Gasteiger partial charge < -0.3 is 9.67 Å². The van der Waals surface area contributed by atoms with E-state index in [4.69, 9.17) is 5.11 Å². The molecule has 0 unspecified atom stereocenters. The van der Waals surface area contributed by atoms with Crippen molar-refractivity contribution < 1.29 is 18.3 Å². The minimum atomic E-state index is -3.67. The molecule has 0 aliphatic heterocycles. The van der Waals surface area contributed by atoms with Gasteiger partial charge in [-0.1, -0.05) is 18.2 Å². The van der Waals surface area contributed by atoms with Crippen molar-refractivity contribution in [2.75, 3.05) is 4.72 Å². The molecule has 0 radical (unpaired) electrons. The Bertz CT molecular complexity index is 965. The lowest BCUT2D eigenvalue weighted by Crippen LogP contribution is -2.12. The molecule has 3 aromatic rings. The topological polar surface area (TPSA) is 101 Å². The largest absolute Gasteiger partial charge is 0.480 e. The number of nitrogens with one attached hydrogen (secondary N) is 1. The van der Waals surface area contributed by atoms with Crippen LogP contribution in [0.3, 0.4) is 0 Å². The molecule has 0 aliphatic carbocycles. The zero-order valence-electron chi connectivity index (χ0n) is 11.9. The van der Waals surface area contributed by atoms with Crippen LogP contribution in [0.1, 0.15) is 0 Å². The van der Waals surface area contributed by atoms with Crippen LogP contribution in [0.5, 0.6) is 0 Å². The summed E-state index contributed by atoms with van der Waals surface area (Å²) in [5.74, 6) is -0.974. The third-order valence-corrected chi connectivity index (χ3v) is 4.63. The third kappa shape index (κ3) is 3.16. The van der Waals surface area contributed by atoms with Crippen molar-refractivity contribution in [3.8, 4) is 0 Å². The van der Waals surface area contributed by atoms with Crippen LogP contribution in [0.25, 0.3) is 11.0 Å². The lowest BCUT2D eigenvalue weighted by molar-refractivity contribution is -0.137. The van der Waals surface area contributed by atoms with Crippen molar-refractivity contribution in [3.05, 3.63) is 54.9 Å². The van der Waals surface area contributed by atoms with Gasteiger partial charge in [-0.15, -0.1) is 0 Å². The van der Waals surface area contributed by atoms with Gasteiger partial charge in [0.1, 0.15) is 6.54 Å². The molecule has 1 aromatic heterocycles. The van der Waals surface area contributed by atoms with Crippen LogP contribution in [-0.4, -0.2) is 29.0 Å². The maximum atomic E-state index is 12.3. The average molecular weight is 331 g/mol. The van der Waals surface area contributed by atoms with Crippen LogP contribution in [-0.2, 0) is 21.4 Å². The van der Waals surface area contributed by atoms with E-state index in [0.717, 1.165) is 0 Å². The van der Waals surface area contributed by atoms with Gasteiger partial charge in [0.05, 0.1) is 27.9 Å². The van der Waals surface area contributed by atoms with Gasteiger partial charge in [0.25, 0.3) is 10.0 Å². The van der Waals surface area contributed by atoms with Gasteiger partial charge in [0, 0.05) is 0 Å². The first-order valence-electron chi connectivity index (χ1n) is 6.70. The summed E-state index contributed by atoms with van der Waals surface area (Å²) in [7, 11) is -3.67. The van der Waals surface area contributed by atoms with Crippen LogP contribution in [0, 0.1) is 0 Å². The summed E-state index contributed by atoms with van der Waals surface area (Å²) in [6.45, 7) is -0.203. The molecule has 2 aromatic carbocycles. The highest BCUT2D eigenvalue weighted by Gasteiger charge is 2.14. The van der Waals surface area contributed by atoms with Crippen molar-refractivity contribution in [2.24, 2.45) is 0 Å². The first-order chi connectivity index (χ1) is 11.0. The Kier molecular flexibility index (Phi) is 3.75. The third-order valence-electron chi connectivity index (χ3n) is 3.23. The normalized spacial score (nSPS) is 11.5. The predicted molar refractivity (Wildman–Crippen MR) is 84.6 cm³/mol. The first kappa shape index (κ1) is 15.0. The SMILES string of the molecule is O=C(O)Cn1cnc2cc(NS(=O)(=O)c3ccccc3)ccc21. The minimum Gasteiger partial charge on any atom is -0.480 e. The molecule has 0 amide bonds. The summed E-state index contributed by atoms with van der Waals surface area (Å²) in [5.41, 5.74) is 1.50. The van der Waals surface area contributed by atoms with Gasteiger partial charge in [-0.25, -0.2) is 13.4 Å². The second-order valence-electron chi connectivity index (χ2n) is 4.89. The Morgan fingerprint density at radius 2 is 1.91 bits per heavy atom. The maximum Gasteiger partial charge on any atom is 0.323 e. The highest BCUT2D eigenvalue weighted by atomic mass is 32.2. The van der Waals surface area contributed by atoms with Crippen molar-refractivity contribution in [1.29, 1.82) is 0 Å². The lowest BCUT2D eigenvalue weighted by Gasteiger charge is -2.08. The van der Waals surface area contributed by atoms with E-state index in [1.54, 1.807) is 36.4 Å². The Morgan fingerprint density at radius 3 is 2.61 bits per heavy atom. The molecule has 0 spiro atoms. The number of benzene rings is 2. The zero-order valence-corrected chi connectivity index (χ0v) is 12.7. The van der Waals surface area contributed by atoms with Gasteiger partial charge in [-0.2, -0.15) is 0 Å². The first-order valence-corrected chi connectivity index (χ1v) is 8.18. The molecule has 0 fully saturated rings. The van der Waals surface area contributed by atoms with Gasteiger partial charge in [-0.3, -0.25) is 9.52 Å². The maximum absolute atomic E-state index is 12.3. The molecular weight excluding hydrogens is 318 g/mol. The van der Waals surface area contributed by atoms with Crippen LogP contribution in [0.2, 0.25) is 0 Å². The minimum absolute atomic E-state index is 0.163. The smallest absolute Gasteiger partial charge is 0.323 e. The molecule has 23 heavy (non-hydrogen) atoms. The van der Waals surface area contributed by atoms with Crippen molar-refractivity contribution >= 4 is 32.7 Å². The van der Waals surface area contributed by atoms with Gasteiger partial charge in [0.2, 0.25) is 0 Å². The summed E-state index contributed by atoms with van der Waals surface area (Å²) < 4.78 is 28.5. The number of aromatic nitrogens is 2. The van der Waals surface area contributed by atoms with E-state index < -0.39 is 16.0 Å². The van der Waals surface area contributed by atoms with E-state index in [9.17, 15) is 13.2 Å². The Balaban J connectivity index is 1.91. The number of carboxylic acid groups (broad SMARTS) is 1.